The van der Waals surface area contributed by atoms with Gasteiger partial charge in [-0.05, 0) is 59.0 Å². The lowest BCUT2D eigenvalue weighted by Crippen LogP contribution is -2.09. The summed E-state index contributed by atoms with van der Waals surface area (Å²) < 4.78 is 1.09. The van der Waals surface area contributed by atoms with Crippen molar-refractivity contribution in [2.45, 2.75) is 12.8 Å². The van der Waals surface area contributed by atoms with Crippen molar-refractivity contribution >= 4 is 39.8 Å². The zero-order valence-electron chi connectivity index (χ0n) is 12.7. The Hall–Kier alpha value is -1.69. The minimum absolute atomic E-state index is 0.00386. The molecule has 2 aromatic carbocycles. The lowest BCUT2D eigenvalue weighted by molar-refractivity contribution is 0.0917. The van der Waals surface area contributed by atoms with Crippen LogP contribution in [0.2, 0.25) is 0 Å². The van der Waals surface area contributed by atoms with Crippen molar-refractivity contribution in [1.82, 2.24) is 0 Å². The monoisotopic (exact) mass is 407 g/mol. The Morgan fingerprint density at radius 3 is 1.64 bits per heavy atom. The van der Waals surface area contributed by atoms with Crippen LogP contribution in [-0.2, 0) is 0 Å². The number of carbonyl (C=O) groups is 2. The molecule has 0 radical (unpaired) electrons. The van der Waals surface area contributed by atoms with Crippen LogP contribution in [0.3, 0.4) is 0 Å². The topological polar surface area (TPSA) is 37.4 Å². The van der Waals surface area contributed by atoms with E-state index >= 15 is 0 Å². The van der Waals surface area contributed by atoms with E-state index < -0.39 is 0 Å². The number of benzene rings is 2. The molecule has 0 heterocycles. The van der Waals surface area contributed by atoms with Crippen molar-refractivity contribution in [3.05, 3.63) is 63.2 Å². The van der Waals surface area contributed by atoms with Crippen molar-refractivity contribution in [2.75, 3.05) is 19.0 Å². The predicted octanol–water partition coefficient (Wildman–Crippen LogP) is 4.20. The Morgan fingerprint density at radius 1 is 0.818 bits per heavy atom. The third kappa shape index (κ3) is 4.40. The van der Waals surface area contributed by atoms with Crippen LogP contribution in [-0.4, -0.2) is 25.7 Å². The molecule has 0 aliphatic heterocycles. The normalized spacial score (nSPS) is 10.3. The van der Waals surface area contributed by atoms with Crippen LogP contribution in [0, 0.1) is 3.57 Å². The fourth-order valence-corrected chi connectivity index (χ4v) is 2.46. The molecule has 0 spiro atoms. The van der Waals surface area contributed by atoms with E-state index in [9.17, 15) is 9.59 Å². The van der Waals surface area contributed by atoms with Gasteiger partial charge in [-0.25, -0.2) is 0 Å². The van der Waals surface area contributed by atoms with Gasteiger partial charge in [0.2, 0.25) is 0 Å². The summed E-state index contributed by atoms with van der Waals surface area (Å²) >= 11 is 2.20. The number of nitrogens with zero attached hydrogens (tertiary/aromatic N) is 1. The average Bonchev–Trinajstić information content (AvgIpc) is 2.53. The highest BCUT2D eigenvalue weighted by Crippen LogP contribution is 2.15. The highest BCUT2D eigenvalue weighted by molar-refractivity contribution is 14.1. The van der Waals surface area contributed by atoms with Gasteiger partial charge in [-0.15, -0.1) is 0 Å². The largest absolute Gasteiger partial charge is 0.378 e. The number of carbonyl (C=O) groups excluding carboxylic acids is 2. The molecule has 0 saturated carbocycles. The van der Waals surface area contributed by atoms with E-state index in [1.54, 1.807) is 12.1 Å². The van der Waals surface area contributed by atoms with Crippen molar-refractivity contribution in [3.63, 3.8) is 0 Å². The molecule has 22 heavy (non-hydrogen) atoms. The maximum atomic E-state index is 12.1. The van der Waals surface area contributed by atoms with E-state index in [-0.39, 0.29) is 24.4 Å². The smallest absolute Gasteiger partial charge is 0.163 e. The van der Waals surface area contributed by atoms with Crippen LogP contribution in [0.1, 0.15) is 33.6 Å². The summed E-state index contributed by atoms with van der Waals surface area (Å²) in [6.07, 6.45) is 0.487. The van der Waals surface area contributed by atoms with E-state index in [4.69, 9.17) is 0 Å². The van der Waals surface area contributed by atoms with E-state index in [1.165, 1.54) is 0 Å². The summed E-state index contributed by atoms with van der Waals surface area (Å²) in [5, 5.41) is 0. The molecule has 0 N–H and O–H groups in total. The van der Waals surface area contributed by atoms with Gasteiger partial charge >= 0.3 is 0 Å². The molecule has 0 amide bonds. The van der Waals surface area contributed by atoms with E-state index in [0.29, 0.717) is 11.1 Å². The molecule has 0 fully saturated rings. The zero-order chi connectivity index (χ0) is 16.1. The quantitative estimate of drug-likeness (QED) is 0.532. The number of rotatable bonds is 6. The minimum atomic E-state index is 0.00386. The van der Waals surface area contributed by atoms with Gasteiger partial charge in [-0.2, -0.15) is 0 Å². The molecule has 0 atom stereocenters. The number of ketones is 2. The van der Waals surface area contributed by atoms with Gasteiger partial charge in [0, 0.05) is 47.3 Å². The molecule has 3 nitrogen and oxygen atoms in total. The van der Waals surface area contributed by atoms with Crippen molar-refractivity contribution < 1.29 is 9.59 Å². The zero-order valence-corrected chi connectivity index (χ0v) is 14.8. The lowest BCUT2D eigenvalue weighted by atomic mass is 10.0. The SMILES string of the molecule is CN(C)c1ccc(C(=O)CCC(=O)c2ccc(I)cc2)cc1. The van der Waals surface area contributed by atoms with Gasteiger partial charge in [0.15, 0.2) is 11.6 Å². The Kier molecular flexibility index (Phi) is 5.71. The number of hydrogen-bond acceptors (Lipinski definition) is 3. The van der Waals surface area contributed by atoms with Crippen molar-refractivity contribution in [1.29, 1.82) is 0 Å². The standard InChI is InChI=1S/C18H18INO2/c1-20(2)16-9-5-14(6-10-16)18(22)12-11-17(21)13-3-7-15(19)8-4-13/h3-10H,11-12H2,1-2H3. The molecule has 0 aliphatic carbocycles. The summed E-state index contributed by atoms with van der Waals surface area (Å²) in [7, 11) is 3.91. The third-order valence-corrected chi connectivity index (χ3v) is 4.17. The molecule has 0 aromatic heterocycles. The van der Waals surface area contributed by atoms with Gasteiger partial charge in [0.25, 0.3) is 0 Å². The predicted molar refractivity (Wildman–Crippen MR) is 97.8 cm³/mol. The molecule has 0 bridgehead atoms. The third-order valence-electron chi connectivity index (χ3n) is 3.45. The van der Waals surface area contributed by atoms with E-state index in [2.05, 4.69) is 22.6 Å². The first kappa shape index (κ1) is 16.7. The van der Waals surface area contributed by atoms with Gasteiger partial charge in [-0.1, -0.05) is 12.1 Å². The number of halogens is 1. The van der Waals surface area contributed by atoms with Gasteiger partial charge in [0.05, 0.1) is 0 Å². The fourth-order valence-electron chi connectivity index (χ4n) is 2.10. The number of hydrogen-bond donors (Lipinski definition) is 0. The van der Waals surface area contributed by atoms with Crippen molar-refractivity contribution in [3.8, 4) is 0 Å². The molecule has 2 aromatic rings. The van der Waals surface area contributed by atoms with Gasteiger partial charge in [-0.3, -0.25) is 9.59 Å². The summed E-state index contributed by atoms with van der Waals surface area (Å²) in [6, 6.07) is 14.9. The Balaban J connectivity index is 1.94. The average molecular weight is 407 g/mol. The highest BCUT2D eigenvalue weighted by atomic mass is 127. The second kappa shape index (κ2) is 7.54. The minimum Gasteiger partial charge on any atom is -0.378 e. The van der Waals surface area contributed by atoms with Crippen LogP contribution in [0.4, 0.5) is 5.69 Å². The van der Waals surface area contributed by atoms with Gasteiger partial charge < -0.3 is 4.90 Å². The van der Waals surface area contributed by atoms with E-state index in [1.807, 2.05) is 55.4 Å². The van der Waals surface area contributed by atoms with Crippen LogP contribution in [0.25, 0.3) is 0 Å². The Morgan fingerprint density at radius 2 is 1.23 bits per heavy atom. The van der Waals surface area contributed by atoms with Crippen LogP contribution in [0.5, 0.6) is 0 Å². The first-order valence-corrected chi connectivity index (χ1v) is 8.14. The molecule has 4 heteroatoms. The second-order valence-electron chi connectivity index (χ2n) is 5.29. The maximum absolute atomic E-state index is 12.1. The summed E-state index contributed by atoms with van der Waals surface area (Å²) in [6.45, 7) is 0. The Bertz CT molecular complexity index is 660. The molecule has 2 rings (SSSR count). The van der Waals surface area contributed by atoms with Gasteiger partial charge in [0.1, 0.15) is 0 Å². The summed E-state index contributed by atoms with van der Waals surface area (Å²) in [5.41, 5.74) is 2.36. The first-order chi connectivity index (χ1) is 10.5. The number of Topliss-reactive ketones (excluding diaryl/α,β-unsaturated/α-hetero) is 2. The molecule has 0 aliphatic rings. The molecular formula is C18H18INO2. The molecule has 0 unspecified atom stereocenters. The molecular weight excluding hydrogens is 389 g/mol. The fraction of sp³-hybridized carbons (Fsp3) is 0.222. The van der Waals surface area contributed by atoms with Crippen LogP contribution >= 0.6 is 22.6 Å². The van der Waals surface area contributed by atoms with E-state index in [0.717, 1.165) is 9.26 Å². The molecule has 114 valence electrons. The second-order valence-corrected chi connectivity index (χ2v) is 6.54. The maximum Gasteiger partial charge on any atom is 0.163 e. The highest BCUT2D eigenvalue weighted by Gasteiger charge is 2.11. The van der Waals surface area contributed by atoms with Crippen molar-refractivity contribution in [2.24, 2.45) is 0 Å². The summed E-state index contributed by atoms with van der Waals surface area (Å²) in [4.78, 5) is 26.2. The van der Waals surface area contributed by atoms with Crippen LogP contribution in [0.15, 0.2) is 48.5 Å². The Labute approximate surface area is 144 Å². The summed E-state index contributed by atoms with van der Waals surface area (Å²) in [5.74, 6) is 0.0128. The lowest BCUT2D eigenvalue weighted by Gasteiger charge is -2.12. The molecule has 0 saturated heterocycles. The number of anilines is 1. The van der Waals surface area contributed by atoms with Crippen LogP contribution < -0.4 is 4.90 Å². The first-order valence-electron chi connectivity index (χ1n) is 7.07.